The highest BCUT2D eigenvalue weighted by Crippen LogP contribution is 2.20. The van der Waals surface area contributed by atoms with Gasteiger partial charge in [0.2, 0.25) is 0 Å². The van der Waals surface area contributed by atoms with Crippen molar-refractivity contribution < 1.29 is 4.79 Å². The molecule has 2 aromatic rings. The first-order valence-electron chi connectivity index (χ1n) is 5.80. The molecule has 0 unspecified atom stereocenters. The zero-order valence-corrected chi connectivity index (χ0v) is 10.9. The zero-order valence-electron chi connectivity index (χ0n) is 10.1. The third-order valence-corrected chi connectivity index (χ3v) is 3.45. The molecule has 0 fully saturated rings. The number of thioether (sulfide) groups is 1. The molecule has 0 aliphatic heterocycles. The highest BCUT2D eigenvalue weighted by atomic mass is 32.2. The van der Waals surface area contributed by atoms with Gasteiger partial charge in [-0.3, -0.25) is 4.79 Å². The Morgan fingerprint density at radius 3 is 3.06 bits per heavy atom. The molecule has 1 aromatic carbocycles. The number of carbonyl (C=O) groups excluding carboxylic acids is 1. The number of aromatic amines is 1. The van der Waals surface area contributed by atoms with Crippen LogP contribution in [0.5, 0.6) is 0 Å². The van der Waals surface area contributed by atoms with E-state index < -0.39 is 0 Å². The first kappa shape index (κ1) is 12.2. The number of imidazole rings is 1. The van der Waals surface area contributed by atoms with Crippen LogP contribution in [-0.2, 0) is 4.79 Å². The fourth-order valence-electron chi connectivity index (χ4n) is 1.67. The Morgan fingerprint density at radius 1 is 1.47 bits per heavy atom. The molecule has 4 heteroatoms. The summed E-state index contributed by atoms with van der Waals surface area (Å²) in [4.78, 5) is 19.1. The number of ketones is 1. The number of aryl methyl sites for hydroxylation is 1. The number of benzene rings is 1. The fraction of sp³-hybridized carbons (Fsp3) is 0.385. The van der Waals surface area contributed by atoms with Crippen LogP contribution in [0.3, 0.4) is 0 Å². The van der Waals surface area contributed by atoms with E-state index in [1.807, 2.05) is 19.1 Å². The van der Waals surface area contributed by atoms with Gasteiger partial charge in [-0.25, -0.2) is 4.98 Å². The second kappa shape index (κ2) is 5.36. The number of H-pyrrole nitrogens is 1. The fourth-order valence-corrected chi connectivity index (χ4v) is 2.46. The lowest BCUT2D eigenvalue weighted by molar-refractivity contribution is -0.116. The molecule has 0 spiro atoms. The smallest absolute Gasteiger partial charge is 0.166 e. The van der Waals surface area contributed by atoms with Crippen LogP contribution in [-0.4, -0.2) is 21.5 Å². The number of rotatable bonds is 5. The second-order valence-corrected chi connectivity index (χ2v) is 5.10. The third-order valence-electron chi connectivity index (χ3n) is 2.51. The van der Waals surface area contributed by atoms with E-state index in [0.29, 0.717) is 12.2 Å². The molecule has 3 nitrogen and oxygen atoms in total. The Hall–Kier alpha value is -1.29. The Morgan fingerprint density at radius 2 is 2.29 bits per heavy atom. The molecule has 0 aliphatic rings. The van der Waals surface area contributed by atoms with Gasteiger partial charge >= 0.3 is 0 Å². The van der Waals surface area contributed by atoms with Crippen LogP contribution in [0.25, 0.3) is 11.0 Å². The molecule has 0 radical (unpaired) electrons. The quantitative estimate of drug-likeness (QED) is 0.825. The summed E-state index contributed by atoms with van der Waals surface area (Å²) in [6.07, 6.45) is 1.57. The summed E-state index contributed by atoms with van der Waals surface area (Å²) in [5.74, 6) is 0.793. The monoisotopic (exact) mass is 248 g/mol. The predicted octanol–water partition coefficient (Wildman–Crippen LogP) is 3.33. The normalized spacial score (nSPS) is 10.9. The SMILES string of the molecule is CCCC(=O)CSc1nc2ccc(C)cc2[nH]1. The average molecular weight is 248 g/mol. The van der Waals surface area contributed by atoms with E-state index in [4.69, 9.17) is 0 Å². The van der Waals surface area contributed by atoms with Gasteiger partial charge in [0.1, 0.15) is 5.78 Å². The number of aromatic nitrogens is 2. The van der Waals surface area contributed by atoms with Gasteiger partial charge in [0, 0.05) is 6.42 Å². The maximum absolute atomic E-state index is 11.4. The minimum atomic E-state index is 0.286. The Labute approximate surface area is 105 Å². The topological polar surface area (TPSA) is 45.8 Å². The molecule has 90 valence electrons. The van der Waals surface area contributed by atoms with E-state index in [9.17, 15) is 4.79 Å². The van der Waals surface area contributed by atoms with Crippen LogP contribution in [0, 0.1) is 6.92 Å². The molecule has 0 amide bonds. The number of fused-ring (bicyclic) bond motifs is 1. The summed E-state index contributed by atoms with van der Waals surface area (Å²) < 4.78 is 0. The predicted molar refractivity (Wildman–Crippen MR) is 71.5 cm³/mol. The van der Waals surface area contributed by atoms with Crippen molar-refractivity contribution in [1.29, 1.82) is 0 Å². The summed E-state index contributed by atoms with van der Waals surface area (Å²) in [5.41, 5.74) is 3.20. The van der Waals surface area contributed by atoms with E-state index in [1.54, 1.807) is 0 Å². The summed E-state index contributed by atoms with van der Waals surface area (Å²) in [6, 6.07) is 6.11. The van der Waals surface area contributed by atoms with Crippen molar-refractivity contribution in [2.75, 3.05) is 5.75 Å². The van der Waals surface area contributed by atoms with E-state index >= 15 is 0 Å². The van der Waals surface area contributed by atoms with Crippen LogP contribution < -0.4 is 0 Å². The van der Waals surface area contributed by atoms with Crippen molar-refractivity contribution in [3.63, 3.8) is 0 Å². The number of hydrogen-bond acceptors (Lipinski definition) is 3. The number of nitrogens with one attached hydrogen (secondary N) is 1. The van der Waals surface area contributed by atoms with Gasteiger partial charge in [-0.1, -0.05) is 24.8 Å². The van der Waals surface area contributed by atoms with Crippen molar-refractivity contribution in [2.45, 2.75) is 31.8 Å². The number of nitrogens with zero attached hydrogens (tertiary/aromatic N) is 1. The van der Waals surface area contributed by atoms with Crippen LogP contribution >= 0.6 is 11.8 Å². The minimum absolute atomic E-state index is 0.286. The highest BCUT2D eigenvalue weighted by Gasteiger charge is 2.06. The van der Waals surface area contributed by atoms with Gasteiger partial charge < -0.3 is 4.98 Å². The largest absolute Gasteiger partial charge is 0.333 e. The van der Waals surface area contributed by atoms with Crippen molar-refractivity contribution in [3.05, 3.63) is 23.8 Å². The molecule has 1 aromatic heterocycles. The van der Waals surface area contributed by atoms with Crippen molar-refractivity contribution in [2.24, 2.45) is 0 Å². The minimum Gasteiger partial charge on any atom is -0.333 e. The molecule has 1 heterocycles. The Bertz CT molecular complexity index is 533. The van der Waals surface area contributed by atoms with Crippen molar-refractivity contribution >= 4 is 28.6 Å². The summed E-state index contributed by atoms with van der Waals surface area (Å²) in [7, 11) is 0. The standard InChI is InChI=1S/C13H16N2OS/c1-3-4-10(16)8-17-13-14-11-6-5-9(2)7-12(11)15-13/h5-7H,3-4,8H2,1-2H3,(H,14,15). The average Bonchev–Trinajstić information content (AvgIpc) is 2.68. The van der Waals surface area contributed by atoms with Crippen LogP contribution in [0.2, 0.25) is 0 Å². The maximum Gasteiger partial charge on any atom is 0.166 e. The summed E-state index contributed by atoms with van der Waals surface area (Å²) in [5, 5.41) is 0.829. The van der Waals surface area contributed by atoms with Gasteiger partial charge in [0.15, 0.2) is 5.16 Å². The Balaban J connectivity index is 2.07. The number of Topliss-reactive ketones (excluding diaryl/α,β-unsaturated/α-hetero) is 1. The molecule has 0 bridgehead atoms. The molecular weight excluding hydrogens is 232 g/mol. The third kappa shape index (κ3) is 3.09. The lowest BCUT2D eigenvalue weighted by Crippen LogP contribution is -2.00. The second-order valence-electron chi connectivity index (χ2n) is 4.14. The maximum atomic E-state index is 11.4. The molecule has 17 heavy (non-hydrogen) atoms. The van der Waals surface area contributed by atoms with Crippen LogP contribution in [0.1, 0.15) is 25.3 Å². The molecule has 0 atom stereocenters. The first-order valence-corrected chi connectivity index (χ1v) is 6.78. The lowest BCUT2D eigenvalue weighted by Gasteiger charge is -1.95. The molecule has 2 rings (SSSR count). The van der Waals surface area contributed by atoms with E-state index in [0.717, 1.165) is 22.6 Å². The first-order chi connectivity index (χ1) is 8.19. The van der Waals surface area contributed by atoms with E-state index in [1.165, 1.54) is 17.3 Å². The van der Waals surface area contributed by atoms with Gasteiger partial charge in [0.25, 0.3) is 0 Å². The van der Waals surface area contributed by atoms with Crippen LogP contribution in [0.4, 0.5) is 0 Å². The van der Waals surface area contributed by atoms with Gasteiger partial charge in [0.05, 0.1) is 16.8 Å². The number of carbonyl (C=O) groups is 1. The number of hydrogen-bond donors (Lipinski definition) is 1. The van der Waals surface area contributed by atoms with Gasteiger partial charge in [-0.05, 0) is 31.0 Å². The van der Waals surface area contributed by atoms with Gasteiger partial charge in [-0.15, -0.1) is 0 Å². The van der Waals surface area contributed by atoms with Gasteiger partial charge in [-0.2, -0.15) is 0 Å². The summed E-state index contributed by atoms with van der Waals surface area (Å²) >= 11 is 1.48. The lowest BCUT2D eigenvalue weighted by atomic mass is 10.2. The molecule has 0 aliphatic carbocycles. The van der Waals surface area contributed by atoms with Crippen molar-refractivity contribution in [3.8, 4) is 0 Å². The molecule has 0 saturated heterocycles. The van der Waals surface area contributed by atoms with Crippen LogP contribution in [0.15, 0.2) is 23.4 Å². The molecular formula is C13H16N2OS. The van der Waals surface area contributed by atoms with Crippen molar-refractivity contribution in [1.82, 2.24) is 9.97 Å². The molecule has 0 saturated carbocycles. The van der Waals surface area contributed by atoms with E-state index in [-0.39, 0.29) is 5.78 Å². The summed E-state index contributed by atoms with van der Waals surface area (Å²) in [6.45, 7) is 4.07. The highest BCUT2D eigenvalue weighted by molar-refractivity contribution is 7.99. The molecule has 1 N–H and O–H groups in total. The Kier molecular flexibility index (Phi) is 3.84. The van der Waals surface area contributed by atoms with E-state index in [2.05, 4.69) is 23.0 Å². The zero-order chi connectivity index (χ0) is 12.3.